The molecule has 0 saturated heterocycles. The molecule has 9 heteroatoms. The van der Waals surface area contributed by atoms with Crippen LogP contribution in [-0.4, -0.2) is 81.2 Å². The van der Waals surface area contributed by atoms with Crippen LogP contribution in [0.25, 0.3) is 5.57 Å². The molecule has 1 amide bonds. The van der Waals surface area contributed by atoms with Gasteiger partial charge in [0, 0.05) is 32.7 Å². The number of fused-ring (bicyclic) bond motifs is 1. The summed E-state index contributed by atoms with van der Waals surface area (Å²) in [5.74, 6) is -0.111. The predicted octanol–water partition coefficient (Wildman–Crippen LogP) is 2.52. The van der Waals surface area contributed by atoms with Crippen LogP contribution in [0.1, 0.15) is 45.1 Å². The minimum Gasteiger partial charge on any atom is -0.487 e. The zero-order valence-corrected chi connectivity index (χ0v) is 20.8. The van der Waals surface area contributed by atoms with Crippen LogP contribution in [-0.2, 0) is 19.6 Å². The first-order valence-electron chi connectivity index (χ1n) is 11.5. The van der Waals surface area contributed by atoms with Crippen molar-refractivity contribution >= 4 is 21.5 Å². The van der Waals surface area contributed by atoms with Crippen molar-refractivity contribution in [2.75, 3.05) is 40.5 Å². The molecular formula is C24H36N2O6S. The number of sulfonamides is 1. The summed E-state index contributed by atoms with van der Waals surface area (Å²) in [6, 6.07) is 4.68. The van der Waals surface area contributed by atoms with Gasteiger partial charge in [-0.15, -0.1) is 0 Å². The molecule has 0 spiro atoms. The third-order valence-electron chi connectivity index (χ3n) is 6.48. The molecule has 3 rings (SSSR count). The average molecular weight is 481 g/mol. The van der Waals surface area contributed by atoms with E-state index in [2.05, 4.69) is 6.08 Å². The Morgan fingerprint density at radius 1 is 1.36 bits per heavy atom. The molecule has 0 bridgehead atoms. The number of ether oxygens (including phenoxy) is 2. The molecule has 33 heavy (non-hydrogen) atoms. The molecular weight excluding hydrogens is 444 g/mol. The van der Waals surface area contributed by atoms with Crippen molar-refractivity contribution in [1.82, 2.24) is 9.21 Å². The lowest BCUT2D eigenvalue weighted by molar-refractivity contribution is -0.135. The summed E-state index contributed by atoms with van der Waals surface area (Å²) >= 11 is 0. The van der Waals surface area contributed by atoms with Gasteiger partial charge in [0.2, 0.25) is 15.9 Å². The molecule has 3 atom stereocenters. The van der Waals surface area contributed by atoms with E-state index >= 15 is 0 Å². The van der Waals surface area contributed by atoms with Crippen molar-refractivity contribution in [2.45, 2.75) is 56.6 Å². The van der Waals surface area contributed by atoms with Gasteiger partial charge in [0.1, 0.15) is 23.4 Å². The lowest BCUT2D eigenvalue weighted by Crippen LogP contribution is -2.50. The number of aliphatic hydroxyl groups excluding tert-OH is 1. The Labute approximate surface area is 197 Å². The predicted molar refractivity (Wildman–Crippen MR) is 126 cm³/mol. The second-order valence-corrected chi connectivity index (χ2v) is 10.9. The molecule has 0 saturated carbocycles. The fourth-order valence-corrected chi connectivity index (χ4v) is 6.17. The largest absolute Gasteiger partial charge is 0.487 e. The van der Waals surface area contributed by atoms with E-state index in [4.69, 9.17) is 9.47 Å². The smallest absolute Gasteiger partial charge is 0.248 e. The fraction of sp³-hybridized carbons (Fsp3) is 0.625. The van der Waals surface area contributed by atoms with Crippen LogP contribution in [0.3, 0.4) is 0 Å². The van der Waals surface area contributed by atoms with E-state index in [1.807, 2.05) is 19.1 Å². The van der Waals surface area contributed by atoms with E-state index in [0.717, 1.165) is 31.2 Å². The van der Waals surface area contributed by atoms with E-state index in [9.17, 15) is 18.3 Å². The highest BCUT2D eigenvalue weighted by Gasteiger charge is 2.38. The van der Waals surface area contributed by atoms with Gasteiger partial charge < -0.3 is 19.5 Å². The lowest BCUT2D eigenvalue weighted by atomic mass is 9.93. The normalized spacial score (nSPS) is 24.0. The molecule has 1 heterocycles. The summed E-state index contributed by atoms with van der Waals surface area (Å²) in [5, 5.41) is 9.76. The maximum absolute atomic E-state index is 13.6. The lowest BCUT2D eigenvalue weighted by Gasteiger charge is -2.37. The third kappa shape index (κ3) is 5.77. The Kier molecular flexibility index (Phi) is 8.55. The van der Waals surface area contributed by atoms with E-state index < -0.39 is 22.2 Å². The maximum Gasteiger partial charge on any atom is 0.248 e. The van der Waals surface area contributed by atoms with Gasteiger partial charge in [0.05, 0.1) is 13.2 Å². The van der Waals surface area contributed by atoms with E-state index in [1.54, 1.807) is 24.9 Å². The van der Waals surface area contributed by atoms with Crippen LogP contribution in [0.5, 0.6) is 5.75 Å². The van der Waals surface area contributed by atoms with Crippen LogP contribution in [0.4, 0.5) is 0 Å². The number of rotatable bonds is 7. The molecule has 1 aliphatic carbocycles. The van der Waals surface area contributed by atoms with Gasteiger partial charge in [-0.1, -0.05) is 19.1 Å². The summed E-state index contributed by atoms with van der Waals surface area (Å²) in [7, 11) is -0.727. The first-order valence-corrected chi connectivity index (χ1v) is 13.0. The first kappa shape index (κ1) is 25.7. The molecule has 0 fully saturated rings. The summed E-state index contributed by atoms with van der Waals surface area (Å²) in [6.45, 7) is 3.74. The Balaban J connectivity index is 2.05. The van der Waals surface area contributed by atoms with Crippen molar-refractivity contribution < 1.29 is 27.8 Å². The average Bonchev–Trinajstić information content (AvgIpc) is 2.81. The number of carbonyl (C=O) groups is 1. The maximum atomic E-state index is 13.6. The highest BCUT2D eigenvalue weighted by molar-refractivity contribution is 7.89. The molecule has 2 aliphatic rings. The molecule has 1 aliphatic heterocycles. The van der Waals surface area contributed by atoms with Crippen molar-refractivity contribution in [2.24, 2.45) is 5.92 Å². The van der Waals surface area contributed by atoms with Gasteiger partial charge in [-0.05, 0) is 55.9 Å². The molecule has 1 aromatic carbocycles. The number of carbonyl (C=O) groups excluding carboxylic acids is 1. The van der Waals surface area contributed by atoms with E-state index in [1.165, 1.54) is 17.0 Å². The van der Waals surface area contributed by atoms with Gasteiger partial charge in [-0.3, -0.25) is 4.79 Å². The number of allylic oxidation sites excluding steroid dienone is 2. The number of benzene rings is 1. The van der Waals surface area contributed by atoms with Gasteiger partial charge in [-0.2, -0.15) is 4.31 Å². The second-order valence-electron chi connectivity index (χ2n) is 9.08. The van der Waals surface area contributed by atoms with Crippen molar-refractivity contribution in [3.63, 3.8) is 0 Å². The minimum absolute atomic E-state index is 0.0332. The number of likely N-dealkylation sites (N-methyl/N-ethyl adjacent to an activating group) is 1. The second kappa shape index (κ2) is 11.0. The fourth-order valence-electron chi connectivity index (χ4n) is 4.35. The zero-order valence-electron chi connectivity index (χ0n) is 20.0. The van der Waals surface area contributed by atoms with Gasteiger partial charge in [-0.25, -0.2) is 8.42 Å². The standard InChI is InChI=1S/C24H36N2O6S/c1-17-13-26(18(2)15-27)33(29,30)23-11-10-20(19-8-6-5-7-9-19)12-21(23)32-22(17)14-25(3)24(28)16-31-4/h8,10-12,17-18,22,27H,5-7,9,13-16H2,1-4H3/t17-,18-,22-/m1/s1. The van der Waals surface area contributed by atoms with Crippen molar-refractivity contribution in [3.05, 3.63) is 29.8 Å². The Morgan fingerprint density at radius 3 is 2.76 bits per heavy atom. The first-order chi connectivity index (χ1) is 15.7. The van der Waals surface area contributed by atoms with Crippen LogP contribution in [0, 0.1) is 5.92 Å². The number of hydrogen-bond donors (Lipinski definition) is 1. The van der Waals surface area contributed by atoms with Crippen LogP contribution < -0.4 is 4.74 Å². The van der Waals surface area contributed by atoms with E-state index in [0.29, 0.717) is 5.75 Å². The molecule has 1 aromatic rings. The Bertz CT molecular complexity index is 977. The molecule has 1 N–H and O–H groups in total. The number of aliphatic hydroxyl groups is 1. The summed E-state index contributed by atoms with van der Waals surface area (Å²) in [4.78, 5) is 13.9. The van der Waals surface area contributed by atoms with E-state index in [-0.39, 0.29) is 43.0 Å². The van der Waals surface area contributed by atoms with Gasteiger partial charge >= 0.3 is 0 Å². The van der Waals surface area contributed by atoms with Gasteiger partial charge in [0.15, 0.2) is 0 Å². The highest BCUT2D eigenvalue weighted by Crippen LogP contribution is 2.37. The van der Waals surface area contributed by atoms with Crippen LogP contribution in [0.15, 0.2) is 29.2 Å². The number of hydrogen-bond acceptors (Lipinski definition) is 6. The number of methoxy groups -OCH3 is 1. The Morgan fingerprint density at radius 2 is 2.12 bits per heavy atom. The molecule has 0 unspecified atom stereocenters. The molecule has 0 radical (unpaired) electrons. The topological polar surface area (TPSA) is 96.4 Å². The van der Waals surface area contributed by atoms with Crippen molar-refractivity contribution in [3.8, 4) is 5.75 Å². The minimum atomic E-state index is -3.88. The highest BCUT2D eigenvalue weighted by atomic mass is 32.2. The Hall–Kier alpha value is -1.94. The monoisotopic (exact) mass is 480 g/mol. The van der Waals surface area contributed by atoms with Crippen LogP contribution in [0.2, 0.25) is 0 Å². The molecule has 184 valence electrons. The number of nitrogens with zero attached hydrogens (tertiary/aromatic N) is 2. The number of amides is 1. The SMILES string of the molecule is COCC(=O)N(C)C[C@H]1Oc2cc(C3=CCCCC3)ccc2S(=O)(=O)N([C@H](C)CO)C[C@H]1C. The quantitative estimate of drug-likeness (QED) is 0.644. The van der Waals surface area contributed by atoms with Crippen molar-refractivity contribution in [1.29, 1.82) is 0 Å². The summed E-state index contributed by atoms with van der Waals surface area (Å²) in [5.41, 5.74) is 2.16. The molecule has 8 nitrogen and oxygen atoms in total. The van der Waals surface area contributed by atoms with Gasteiger partial charge in [0.25, 0.3) is 0 Å². The molecule has 0 aromatic heterocycles. The zero-order chi connectivity index (χ0) is 24.2. The summed E-state index contributed by atoms with van der Waals surface area (Å²) < 4.78 is 39.8. The third-order valence-corrected chi connectivity index (χ3v) is 8.50. The van der Waals surface area contributed by atoms with Crippen LogP contribution >= 0.6 is 0 Å². The summed E-state index contributed by atoms with van der Waals surface area (Å²) in [6.07, 6.45) is 6.01.